The standard InChI is InChI=1S/C37H45N9O2/c1-23-17-31(21-38)46(26(23)4)25(3)22-39-24(2)20-37(36-40-42-43-41-36)32-11-9-29(34(47)44-13-5-14-44)18-27(32)7-8-28-19-30(10-12-33(28)37)35(48)45-15-6-16-45/h9-12,18-19,23-24,26,31,39H,3,5-8,13-17,20,22H2,1-2,4H3,(H,40,41,42,43)/t23-,24+,26?,31?/m0/s1. The Hall–Kier alpha value is -4.56. The van der Waals surface area contributed by atoms with Crippen LogP contribution in [-0.2, 0) is 18.3 Å². The Morgan fingerprint density at radius 2 is 1.60 bits per heavy atom. The summed E-state index contributed by atoms with van der Waals surface area (Å²) in [5.41, 5.74) is 5.72. The molecule has 4 aliphatic rings. The fourth-order valence-corrected chi connectivity index (χ4v) is 8.17. The molecule has 0 spiro atoms. The number of hydrogen-bond acceptors (Lipinski definition) is 8. The summed E-state index contributed by atoms with van der Waals surface area (Å²) in [5, 5.41) is 29.6. The number of tetrazole rings is 1. The fourth-order valence-electron chi connectivity index (χ4n) is 8.17. The van der Waals surface area contributed by atoms with Crippen molar-refractivity contribution in [2.45, 2.75) is 82.8 Å². The van der Waals surface area contributed by atoms with E-state index in [9.17, 15) is 14.9 Å². The highest BCUT2D eigenvalue weighted by Crippen LogP contribution is 2.47. The molecule has 2 unspecified atom stereocenters. The number of nitrogens with one attached hydrogen (secondary N) is 2. The molecule has 4 atom stereocenters. The molecule has 0 radical (unpaired) electrons. The van der Waals surface area contributed by atoms with Gasteiger partial charge in [-0.15, -0.1) is 10.2 Å². The normalized spacial score (nSPS) is 23.2. The maximum atomic E-state index is 13.4. The summed E-state index contributed by atoms with van der Waals surface area (Å²) < 4.78 is 0. The maximum absolute atomic E-state index is 13.4. The topological polar surface area (TPSA) is 134 Å². The van der Waals surface area contributed by atoms with Crippen molar-refractivity contribution in [1.82, 2.24) is 40.6 Å². The van der Waals surface area contributed by atoms with E-state index in [1.807, 2.05) is 21.9 Å². The zero-order valence-corrected chi connectivity index (χ0v) is 28.2. The second-order valence-electron chi connectivity index (χ2n) is 14.2. The van der Waals surface area contributed by atoms with Gasteiger partial charge in [-0.2, -0.15) is 10.5 Å². The number of aromatic amines is 1. The molecule has 48 heavy (non-hydrogen) atoms. The third-order valence-electron chi connectivity index (χ3n) is 11.3. The van der Waals surface area contributed by atoms with Crippen molar-refractivity contribution < 1.29 is 9.59 Å². The van der Waals surface area contributed by atoms with Crippen LogP contribution < -0.4 is 5.32 Å². The van der Waals surface area contributed by atoms with Gasteiger partial charge in [0.2, 0.25) is 0 Å². The van der Waals surface area contributed by atoms with Gasteiger partial charge in [0.25, 0.3) is 11.8 Å². The molecule has 3 aromatic rings. The van der Waals surface area contributed by atoms with Gasteiger partial charge in [0.15, 0.2) is 5.82 Å². The maximum Gasteiger partial charge on any atom is 0.253 e. The molecule has 2 amide bonds. The smallest absolute Gasteiger partial charge is 0.253 e. The van der Waals surface area contributed by atoms with E-state index in [4.69, 9.17) is 0 Å². The molecule has 3 aliphatic heterocycles. The second-order valence-corrected chi connectivity index (χ2v) is 14.2. The monoisotopic (exact) mass is 647 g/mol. The first-order chi connectivity index (χ1) is 23.2. The first-order valence-electron chi connectivity index (χ1n) is 17.4. The molecule has 0 saturated carbocycles. The van der Waals surface area contributed by atoms with E-state index in [2.05, 4.69) is 88.5 Å². The number of nitriles is 1. The number of fused-ring (bicyclic) bond motifs is 2. The minimum atomic E-state index is -0.816. The van der Waals surface area contributed by atoms with Crippen molar-refractivity contribution >= 4 is 11.8 Å². The second kappa shape index (κ2) is 12.8. The summed E-state index contributed by atoms with van der Waals surface area (Å²) in [4.78, 5) is 32.7. The largest absolute Gasteiger partial charge is 0.355 e. The number of amides is 2. The van der Waals surface area contributed by atoms with Crippen molar-refractivity contribution in [2.75, 3.05) is 32.7 Å². The van der Waals surface area contributed by atoms with Crippen molar-refractivity contribution in [3.63, 3.8) is 0 Å². The van der Waals surface area contributed by atoms with Crippen molar-refractivity contribution in [1.29, 1.82) is 5.26 Å². The number of carbonyl (C=O) groups excluding carboxylic acids is 2. The molecule has 4 heterocycles. The minimum Gasteiger partial charge on any atom is -0.355 e. The van der Waals surface area contributed by atoms with Crippen LogP contribution in [0.3, 0.4) is 0 Å². The van der Waals surface area contributed by atoms with Gasteiger partial charge in [-0.05, 0) is 105 Å². The van der Waals surface area contributed by atoms with Gasteiger partial charge < -0.3 is 20.0 Å². The minimum absolute atomic E-state index is 0.0419. The number of nitrogens with zero attached hydrogens (tertiary/aromatic N) is 7. The Morgan fingerprint density at radius 1 is 1.02 bits per heavy atom. The van der Waals surface area contributed by atoms with Crippen LogP contribution in [0.1, 0.15) is 95.2 Å². The number of hydrogen-bond donors (Lipinski definition) is 2. The number of H-pyrrole nitrogens is 1. The van der Waals surface area contributed by atoms with E-state index in [0.29, 0.717) is 48.7 Å². The predicted molar refractivity (Wildman–Crippen MR) is 181 cm³/mol. The average molecular weight is 648 g/mol. The number of benzene rings is 2. The van der Waals surface area contributed by atoms with Crippen LogP contribution in [0.4, 0.5) is 0 Å². The quantitative estimate of drug-likeness (QED) is 0.358. The third kappa shape index (κ3) is 5.46. The molecule has 3 fully saturated rings. The van der Waals surface area contributed by atoms with E-state index in [-0.39, 0.29) is 29.9 Å². The molecule has 0 bridgehead atoms. The number of aromatic nitrogens is 4. The summed E-state index contributed by atoms with van der Waals surface area (Å²) in [5.74, 6) is 1.09. The molecule has 250 valence electrons. The lowest BCUT2D eigenvalue weighted by molar-refractivity contribution is 0.0644. The van der Waals surface area contributed by atoms with Crippen molar-refractivity contribution in [3.05, 3.63) is 87.9 Å². The molecule has 1 aromatic heterocycles. The predicted octanol–water partition coefficient (Wildman–Crippen LogP) is 3.83. The van der Waals surface area contributed by atoms with E-state index < -0.39 is 5.41 Å². The zero-order valence-electron chi connectivity index (χ0n) is 28.2. The Bertz CT molecular complexity index is 1680. The molecular weight excluding hydrogens is 602 g/mol. The van der Waals surface area contributed by atoms with Crippen LogP contribution in [0.5, 0.6) is 0 Å². The molecule has 11 heteroatoms. The van der Waals surface area contributed by atoms with Gasteiger partial charge in [0.1, 0.15) is 6.04 Å². The van der Waals surface area contributed by atoms with Gasteiger partial charge >= 0.3 is 0 Å². The Balaban J connectivity index is 1.27. The lowest BCUT2D eigenvalue weighted by Crippen LogP contribution is -2.43. The number of carbonyl (C=O) groups is 2. The van der Waals surface area contributed by atoms with Gasteiger partial charge in [-0.25, -0.2) is 0 Å². The molecule has 11 nitrogen and oxygen atoms in total. The SMILES string of the molecule is C=C(CN[C@H](C)CC1(c2nn[nH]n2)c2ccc(C(=O)N3CCC3)cc2CCc2cc(C(=O)N3CCC3)ccc21)N1C(C#N)C[C@H](C)C1C. The average Bonchev–Trinajstić information content (AvgIpc) is 3.65. The van der Waals surface area contributed by atoms with Crippen LogP contribution in [0.15, 0.2) is 48.7 Å². The lowest BCUT2D eigenvalue weighted by Gasteiger charge is -2.37. The molecule has 7 rings (SSSR count). The third-order valence-corrected chi connectivity index (χ3v) is 11.3. The first kappa shape index (κ1) is 32.0. The fraction of sp³-hybridized carbons (Fsp3) is 0.514. The molecule has 3 saturated heterocycles. The molecular formula is C37H45N9O2. The number of rotatable bonds is 9. The summed E-state index contributed by atoms with van der Waals surface area (Å²) in [6, 6.07) is 14.7. The highest BCUT2D eigenvalue weighted by molar-refractivity contribution is 5.96. The zero-order chi connectivity index (χ0) is 33.6. The van der Waals surface area contributed by atoms with E-state index >= 15 is 0 Å². The van der Waals surface area contributed by atoms with Gasteiger partial charge in [0.05, 0.1) is 11.5 Å². The van der Waals surface area contributed by atoms with Crippen LogP contribution >= 0.6 is 0 Å². The summed E-state index contributed by atoms with van der Waals surface area (Å²) in [6.07, 6.45) is 4.93. The molecule has 2 aromatic carbocycles. The van der Waals surface area contributed by atoms with Gasteiger partial charge in [-0.3, -0.25) is 9.59 Å². The van der Waals surface area contributed by atoms with E-state index in [1.54, 1.807) is 0 Å². The molecule has 1 aliphatic carbocycles. The number of likely N-dealkylation sites (tertiary alicyclic amines) is 3. The Morgan fingerprint density at radius 3 is 2.08 bits per heavy atom. The molecule has 2 N–H and O–H groups in total. The number of aryl methyl sites for hydroxylation is 2. The Labute approximate surface area is 282 Å². The van der Waals surface area contributed by atoms with Crippen molar-refractivity contribution in [3.8, 4) is 6.07 Å². The van der Waals surface area contributed by atoms with Crippen LogP contribution in [0.2, 0.25) is 0 Å². The van der Waals surface area contributed by atoms with Crippen LogP contribution in [-0.4, -0.2) is 98.0 Å². The summed E-state index contributed by atoms with van der Waals surface area (Å²) in [6.45, 7) is 14.6. The van der Waals surface area contributed by atoms with Gasteiger partial charge in [0, 0.05) is 61.6 Å². The first-order valence-corrected chi connectivity index (χ1v) is 17.4. The van der Waals surface area contributed by atoms with E-state index in [0.717, 1.165) is 73.4 Å². The lowest BCUT2D eigenvalue weighted by atomic mass is 9.67. The van der Waals surface area contributed by atoms with E-state index in [1.165, 1.54) is 0 Å². The van der Waals surface area contributed by atoms with Gasteiger partial charge in [-0.1, -0.05) is 30.8 Å². The highest BCUT2D eigenvalue weighted by Gasteiger charge is 2.46. The summed E-state index contributed by atoms with van der Waals surface area (Å²) in [7, 11) is 0. The highest BCUT2D eigenvalue weighted by atomic mass is 16.2. The van der Waals surface area contributed by atoms with Crippen LogP contribution in [0.25, 0.3) is 0 Å². The summed E-state index contributed by atoms with van der Waals surface area (Å²) >= 11 is 0. The Kier molecular flexibility index (Phi) is 8.54. The van der Waals surface area contributed by atoms with Crippen LogP contribution in [0, 0.1) is 17.2 Å². The van der Waals surface area contributed by atoms with Crippen molar-refractivity contribution in [2.24, 2.45) is 5.92 Å².